The smallest absolute Gasteiger partial charge is 0.307 e. The van der Waals surface area contributed by atoms with Crippen LogP contribution in [0.15, 0.2) is 24.3 Å². The second-order valence-corrected chi connectivity index (χ2v) is 4.13. The van der Waals surface area contributed by atoms with Crippen LogP contribution >= 0.6 is 0 Å². The normalized spacial score (nSPS) is 21.9. The average molecular weight is 235 g/mol. The highest BCUT2D eigenvalue weighted by molar-refractivity contribution is 5.89. The second-order valence-electron chi connectivity index (χ2n) is 4.13. The predicted molar refractivity (Wildman–Crippen MR) is 59.2 cm³/mol. The summed E-state index contributed by atoms with van der Waals surface area (Å²) in [6.07, 6.45) is 0.405. The highest BCUT2D eigenvalue weighted by Gasteiger charge is 2.48. The molecular formula is C12H13NO4. The van der Waals surface area contributed by atoms with Crippen LogP contribution in [0.2, 0.25) is 0 Å². The molecule has 2 atom stereocenters. The quantitative estimate of drug-likeness (QED) is 0.718. The van der Waals surface area contributed by atoms with Crippen LogP contribution in [0.1, 0.15) is 12.0 Å². The molecule has 2 rings (SSSR count). The lowest BCUT2D eigenvalue weighted by Gasteiger charge is -2.06. The Morgan fingerprint density at radius 2 is 2.00 bits per heavy atom. The number of phenols is 1. The fourth-order valence-electron chi connectivity index (χ4n) is 1.73. The van der Waals surface area contributed by atoms with Crippen LogP contribution in [0, 0.1) is 11.8 Å². The van der Waals surface area contributed by atoms with Gasteiger partial charge in [-0.3, -0.25) is 9.59 Å². The van der Waals surface area contributed by atoms with E-state index >= 15 is 0 Å². The molecule has 0 aromatic heterocycles. The molecular weight excluding hydrogens is 222 g/mol. The van der Waals surface area contributed by atoms with E-state index < -0.39 is 17.8 Å². The highest BCUT2D eigenvalue weighted by Crippen LogP contribution is 2.38. The van der Waals surface area contributed by atoms with Crippen LogP contribution in [-0.4, -0.2) is 22.1 Å². The van der Waals surface area contributed by atoms with Crippen LogP contribution in [-0.2, 0) is 16.1 Å². The van der Waals surface area contributed by atoms with Gasteiger partial charge in [0, 0.05) is 12.1 Å². The van der Waals surface area contributed by atoms with E-state index in [1.165, 1.54) is 0 Å². The molecule has 1 amide bonds. The molecule has 0 bridgehead atoms. The molecule has 2 unspecified atom stereocenters. The molecule has 1 aromatic rings. The highest BCUT2D eigenvalue weighted by atomic mass is 16.4. The maximum atomic E-state index is 11.5. The van der Waals surface area contributed by atoms with Gasteiger partial charge in [0.15, 0.2) is 0 Å². The number of carboxylic acid groups (broad SMARTS) is 1. The Morgan fingerprint density at radius 1 is 1.29 bits per heavy atom. The van der Waals surface area contributed by atoms with Gasteiger partial charge in [-0.05, 0) is 12.5 Å². The van der Waals surface area contributed by atoms with Gasteiger partial charge in [-0.1, -0.05) is 18.2 Å². The number of nitrogens with one attached hydrogen (secondary N) is 1. The molecule has 1 aliphatic rings. The van der Waals surface area contributed by atoms with Gasteiger partial charge < -0.3 is 15.5 Å². The molecule has 0 aliphatic heterocycles. The summed E-state index contributed by atoms with van der Waals surface area (Å²) in [5.74, 6) is -2.02. The van der Waals surface area contributed by atoms with Crippen molar-refractivity contribution in [3.8, 4) is 5.75 Å². The lowest BCUT2D eigenvalue weighted by atomic mass is 10.2. The maximum Gasteiger partial charge on any atom is 0.307 e. The third-order valence-electron chi connectivity index (χ3n) is 2.89. The minimum Gasteiger partial charge on any atom is -0.508 e. The number of rotatable bonds is 4. The van der Waals surface area contributed by atoms with Crippen LogP contribution in [0.5, 0.6) is 5.75 Å². The van der Waals surface area contributed by atoms with E-state index in [9.17, 15) is 14.7 Å². The first-order valence-electron chi connectivity index (χ1n) is 5.37. The molecule has 1 saturated carbocycles. The van der Waals surface area contributed by atoms with E-state index in [4.69, 9.17) is 5.11 Å². The van der Waals surface area contributed by atoms with Gasteiger partial charge in [0.25, 0.3) is 0 Å². The Hall–Kier alpha value is -2.04. The number of carboxylic acids is 1. The lowest BCUT2D eigenvalue weighted by molar-refractivity contribution is -0.140. The van der Waals surface area contributed by atoms with E-state index in [1.54, 1.807) is 24.3 Å². The molecule has 1 aromatic carbocycles. The number of para-hydroxylation sites is 1. The molecule has 5 heteroatoms. The minimum atomic E-state index is -0.923. The Balaban J connectivity index is 1.86. The Labute approximate surface area is 98.1 Å². The summed E-state index contributed by atoms with van der Waals surface area (Å²) in [7, 11) is 0. The number of hydrogen-bond donors (Lipinski definition) is 3. The zero-order valence-electron chi connectivity index (χ0n) is 9.09. The molecule has 3 N–H and O–H groups in total. The third kappa shape index (κ3) is 2.55. The standard InChI is InChI=1S/C12H13NO4/c14-10-4-2-1-3-7(10)6-13-11(15)8-5-9(8)12(16)17/h1-4,8-9,14H,5-6H2,(H,13,15)(H,16,17). The van der Waals surface area contributed by atoms with E-state index in [2.05, 4.69) is 5.32 Å². The molecule has 90 valence electrons. The van der Waals surface area contributed by atoms with Gasteiger partial charge in [0.2, 0.25) is 5.91 Å². The number of amides is 1. The summed E-state index contributed by atoms with van der Waals surface area (Å²) < 4.78 is 0. The van der Waals surface area contributed by atoms with Crippen molar-refractivity contribution in [2.75, 3.05) is 0 Å². The molecule has 1 fully saturated rings. The third-order valence-corrected chi connectivity index (χ3v) is 2.89. The molecule has 0 saturated heterocycles. The van der Waals surface area contributed by atoms with Crippen molar-refractivity contribution in [2.45, 2.75) is 13.0 Å². The van der Waals surface area contributed by atoms with Crippen LogP contribution in [0.4, 0.5) is 0 Å². The van der Waals surface area contributed by atoms with Gasteiger partial charge in [0.05, 0.1) is 11.8 Å². The number of benzene rings is 1. The number of carbonyl (C=O) groups excluding carboxylic acids is 1. The molecule has 0 spiro atoms. The van der Waals surface area contributed by atoms with Gasteiger partial charge >= 0.3 is 5.97 Å². The molecule has 5 nitrogen and oxygen atoms in total. The van der Waals surface area contributed by atoms with Crippen molar-refractivity contribution in [3.05, 3.63) is 29.8 Å². The Bertz CT molecular complexity index is 458. The van der Waals surface area contributed by atoms with Crippen molar-refractivity contribution in [3.63, 3.8) is 0 Å². The van der Waals surface area contributed by atoms with E-state index in [0.717, 1.165) is 0 Å². The Morgan fingerprint density at radius 3 is 2.59 bits per heavy atom. The molecule has 0 heterocycles. The fraction of sp³-hybridized carbons (Fsp3) is 0.333. The van der Waals surface area contributed by atoms with Gasteiger partial charge in [-0.2, -0.15) is 0 Å². The van der Waals surface area contributed by atoms with Crippen LogP contribution in [0.25, 0.3) is 0 Å². The Kier molecular flexibility index (Phi) is 2.99. The van der Waals surface area contributed by atoms with Gasteiger partial charge in [-0.25, -0.2) is 0 Å². The summed E-state index contributed by atoms with van der Waals surface area (Å²) in [5, 5.41) is 20.8. The number of carbonyl (C=O) groups is 2. The van der Waals surface area contributed by atoms with E-state index in [1.807, 2.05) is 0 Å². The first kappa shape index (κ1) is 11.4. The van der Waals surface area contributed by atoms with Crippen LogP contribution < -0.4 is 5.32 Å². The van der Waals surface area contributed by atoms with Gasteiger partial charge in [-0.15, -0.1) is 0 Å². The van der Waals surface area contributed by atoms with Crippen molar-refractivity contribution in [2.24, 2.45) is 11.8 Å². The van der Waals surface area contributed by atoms with E-state index in [0.29, 0.717) is 12.0 Å². The summed E-state index contributed by atoms with van der Waals surface area (Å²) in [6.45, 7) is 0.217. The van der Waals surface area contributed by atoms with E-state index in [-0.39, 0.29) is 18.2 Å². The summed E-state index contributed by atoms with van der Waals surface area (Å²) >= 11 is 0. The SMILES string of the molecule is O=C(O)C1CC1C(=O)NCc1ccccc1O. The number of aromatic hydroxyl groups is 1. The largest absolute Gasteiger partial charge is 0.508 e. The first-order valence-corrected chi connectivity index (χ1v) is 5.37. The maximum absolute atomic E-state index is 11.5. The van der Waals surface area contributed by atoms with Crippen molar-refractivity contribution >= 4 is 11.9 Å². The van der Waals surface area contributed by atoms with Crippen molar-refractivity contribution in [1.29, 1.82) is 0 Å². The zero-order chi connectivity index (χ0) is 12.4. The number of phenolic OH excluding ortho intramolecular Hbond substituents is 1. The van der Waals surface area contributed by atoms with Crippen LogP contribution in [0.3, 0.4) is 0 Å². The lowest BCUT2D eigenvalue weighted by Crippen LogP contribution is -2.25. The summed E-state index contributed by atoms with van der Waals surface area (Å²) in [6, 6.07) is 6.70. The first-order chi connectivity index (χ1) is 8.09. The van der Waals surface area contributed by atoms with Crippen molar-refractivity contribution in [1.82, 2.24) is 5.32 Å². The molecule has 1 aliphatic carbocycles. The van der Waals surface area contributed by atoms with Crippen molar-refractivity contribution < 1.29 is 19.8 Å². The monoisotopic (exact) mass is 235 g/mol. The van der Waals surface area contributed by atoms with Gasteiger partial charge in [0.1, 0.15) is 5.75 Å². The topological polar surface area (TPSA) is 86.6 Å². The number of aliphatic carboxylic acids is 1. The average Bonchev–Trinajstić information content (AvgIpc) is 3.07. The summed E-state index contributed by atoms with van der Waals surface area (Å²) in [4.78, 5) is 22.1. The molecule has 0 radical (unpaired) electrons. The predicted octanol–water partition coefficient (Wildman–Crippen LogP) is 0.729. The fourth-order valence-corrected chi connectivity index (χ4v) is 1.73. The molecule has 17 heavy (non-hydrogen) atoms. The summed E-state index contributed by atoms with van der Waals surface area (Å²) in [5.41, 5.74) is 0.619. The zero-order valence-corrected chi connectivity index (χ0v) is 9.09. The number of hydrogen-bond acceptors (Lipinski definition) is 3. The second kappa shape index (κ2) is 4.45. The minimum absolute atomic E-state index is 0.124.